The zero-order valence-corrected chi connectivity index (χ0v) is 17.5. The average Bonchev–Trinajstić information content (AvgIpc) is 3.42. The highest BCUT2D eigenvalue weighted by Crippen LogP contribution is 2.39. The maximum atomic E-state index is 12.7. The van der Waals surface area contributed by atoms with Crippen molar-refractivity contribution in [2.24, 2.45) is 11.8 Å². The second-order valence-electron chi connectivity index (χ2n) is 7.44. The van der Waals surface area contributed by atoms with Crippen LogP contribution in [0.15, 0.2) is 17.9 Å². The molecule has 3 aromatic heterocycles. The van der Waals surface area contributed by atoms with E-state index >= 15 is 0 Å². The van der Waals surface area contributed by atoms with Gasteiger partial charge in [0.15, 0.2) is 10.1 Å². The number of carbonyl (C=O) groups excluding carboxylic acids is 2. The van der Waals surface area contributed by atoms with E-state index in [4.69, 9.17) is 11.6 Å². The summed E-state index contributed by atoms with van der Waals surface area (Å²) in [6.45, 7) is 3.38. The maximum absolute atomic E-state index is 12.7. The van der Waals surface area contributed by atoms with Crippen LogP contribution in [0.4, 0.5) is 0 Å². The van der Waals surface area contributed by atoms with E-state index in [1.807, 2.05) is 22.4 Å². The van der Waals surface area contributed by atoms with Gasteiger partial charge in [0.25, 0.3) is 11.8 Å². The van der Waals surface area contributed by atoms with E-state index in [1.165, 1.54) is 22.7 Å². The summed E-state index contributed by atoms with van der Waals surface area (Å²) in [5.41, 5.74) is 2.52. The Balaban J connectivity index is 1.22. The van der Waals surface area contributed by atoms with Crippen molar-refractivity contribution in [2.45, 2.75) is 25.8 Å². The number of nitrogens with zero attached hydrogens (tertiary/aromatic N) is 4. The Kier molecular flexibility index (Phi) is 4.41. The number of thiazole rings is 2. The van der Waals surface area contributed by atoms with Gasteiger partial charge >= 0.3 is 0 Å². The summed E-state index contributed by atoms with van der Waals surface area (Å²) in [5, 5.41) is 3.48. The Labute approximate surface area is 174 Å². The molecule has 28 heavy (non-hydrogen) atoms. The summed E-state index contributed by atoms with van der Waals surface area (Å²) in [6.07, 6.45) is 5.42. The third-order valence-electron chi connectivity index (χ3n) is 5.79. The largest absolute Gasteiger partial charge is 0.349 e. The van der Waals surface area contributed by atoms with Crippen LogP contribution in [0.3, 0.4) is 0 Å². The third kappa shape index (κ3) is 2.92. The van der Waals surface area contributed by atoms with Crippen molar-refractivity contribution in [3.05, 3.63) is 38.5 Å². The quantitative estimate of drug-likeness (QED) is 0.685. The van der Waals surface area contributed by atoms with E-state index in [1.54, 1.807) is 11.7 Å². The van der Waals surface area contributed by atoms with Gasteiger partial charge in [-0.05, 0) is 31.6 Å². The number of hydrogen-bond donors (Lipinski definition) is 1. The number of hydrogen-bond acceptors (Lipinski definition) is 6. The van der Waals surface area contributed by atoms with Crippen LogP contribution in [0.5, 0.6) is 0 Å². The van der Waals surface area contributed by atoms with Crippen LogP contribution in [0.25, 0.3) is 4.96 Å². The molecule has 2 atom stereocenters. The van der Waals surface area contributed by atoms with Crippen molar-refractivity contribution in [3.8, 4) is 0 Å². The summed E-state index contributed by atoms with van der Waals surface area (Å²) >= 11 is 8.71. The molecule has 1 aliphatic heterocycles. The average molecular weight is 436 g/mol. The molecule has 1 saturated carbocycles. The van der Waals surface area contributed by atoms with Gasteiger partial charge in [-0.1, -0.05) is 22.9 Å². The van der Waals surface area contributed by atoms with Gasteiger partial charge < -0.3 is 10.2 Å². The fourth-order valence-corrected chi connectivity index (χ4v) is 6.41. The number of aromatic nitrogens is 3. The van der Waals surface area contributed by atoms with Crippen molar-refractivity contribution >= 4 is 51.0 Å². The highest BCUT2D eigenvalue weighted by atomic mass is 35.5. The Morgan fingerprint density at radius 2 is 1.96 bits per heavy atom. The monoisotopic (exact) mass is 435 g/mol. The fourth-order valence-electron chi connectivity index (χ4n) is 4.46. The summed E-state index contributed by atoms with van der Waals surface area (Å²) in [5.74, 6) is 0.785. The molecule has 0 spiro atoms. The number of nitrogens with one attached hydrogen (secondary N) is 1. The number of amides is 2. The van der Waals surface area contributed by atoms with Gasteiger partial charge in [0.2, 0.25) is 0 Å². The summed E-state index contributed by atoms with van der Waals surface area (Å²) < 4.78 is 1.94. The number of imidazole rings is 1. The normalized spacial score (nSPS) is 24.1. The number of fused-ring (bicyclic) bond motifs is 2. The van der Waals surface area contributed by atoms with Crippen molar-refractivity contribution in [1.82, 2.24) is 24.6 Å². The van der Waals surface area contributed by atoms with Crippen LogP contribution in [0.1, 0.15) is 37.9 Å². The lowest BCUT2D eigenvalue weighted by molar-refractivity contribution is 0.0780. The molecular formula is C18H18ClN5O2S2. The van der Waals surface area contributed by atoms with Gasteiger partial charge in [-0.25, -0.2) is 9.97 Å². The molecule has 0 radical (unpaired) electrons. The topological polar surface area (TPSA) is 79.6 Å². The van der Waals surface area contributed by atoms with Crippen molar-refractivity contribution in [2.75, 3.05) is 13.1 Å². The molecule has 3 aromatic rings. The molecule has 2 unspecified atom stereocenters. The van der Waals surface area contributed by atoms with Gasteiger partial charge in [-0.2, -0.15) is 0 Å². The Morgan fingerprint density at radius 3 is 2.61 bits per heavy atom. The first-order valence-electron chi connectivity index (χ1n) is 9.13. The predicted molar refractivity (Wildman–Crippen MR) is 108 cm³/mol. The molecule has 2 amide bonds. The number of rotatable bonds is 3. The van der Waals surface area contributed by atoms with E-state index in [-0.39, 0.29) is 23.0 Å². The van der Waals surface area contributed by atoms with Crippen LogP contribution < -0.4 is 5.32 Å². The molecule has 0 bridgehead atoms. The second kappa shape index (κ2) is 6.82. The standard InChI is InChI=1S/C18H18ClN5O2S2/c1-9-13(28-18-20-2-3-24(9)18)16(25)22-12-4-10-6-23(7-11(10)5-12)17(26)14-15(19)21-8-27-14/h2-3,8,10-12H,4-7H2,1H3,(H,22,25). The molecule has 5 rings (SSSR count). The minimum Gasteiger partial charge on any atom is -0.349 e. The van der Waals surface area contributed by atoms with E-state index in [0.717, 1.165) is 41.5 Å². The molecule has 4 heterocycles. The lowest BCUT2D eigenvalue weighted by atomic mass is 10.0. The number of likely N-dealkylation sites (tertiary alicyclic amines) is 1. The van der Waals surface area contributed by atoms with Crippen molar-refractivity contribution in [3.63, 3.8) is 0 Å². The van der Waals surface area contributed by atoms with Crippen LogP contribution in [-0.4, -0.2) is 50.2 Å². The SMILES string of the molecule is Cc1c(C(=O)NC2CC3CN(C(=O)c4scnc4Cl)CC3C2)sc2nccn12. The van der Waals surface area contributed by atoms with Crippen molar-refractivity contribution < 1.29 is 9.59 Å². The zero-order chi connectivity index (χ0) is 19.4. The summed E-state index contributed by atoms with van der Waals surface area (Å²) in [4.78, 5) is 37.6. The number of halogens is 1. The molecule has 0 aromatic carbocycles. The first-order valence-corrected chi connectivity index (χ1v) is 11.2. The van der Waals surface area contributed by atoms with Crippen LogP contribution in [0, 0.1) is 18.8 Å². The Morgan fingerprint density at radius 1 is 1.21 bits per heavy atom. The predicted octanol–water partition coefficient (Wildman–Crippen LogP) is 3.09. The van der Waals surface area contributed by atoms with Gasteiger partial charge in [-0.3, -0.25) is 14.0 Å². The molecule has 10 heteroatoms. The van der Waals surface area contributed by atoms with Crippen LogP contribution in [-0.2, 0) is 0 Å². The smallest absolute Gasteiger partial charge is 0.267 e. The fraction of sp³-hybridized carbons (Fsp3) is 0.444. The first-order chi connectivity index (χ1) is 13.5. The van der Waals surface area contributed by atoms with Crippen LogP contribution in [0.2, 0.25) is 5.15 Å². The molecule has 7 nitrogen and oxygen atoms in total. The van der Waals surface area contributed by atoms with E-state index in [0.29, 0.717) is 16.7 Å². The molecular weight excluding hydrogens is 418 g/mol. The zero-order valence-electron chi connectivity index (χ0n) is 15.1. The van der Waals surface area contributed by atoms with E-state index in [9.17, 15) is 9.59 Å². The lowest BCUT2D eigenvalue weighted by Gasteiger charge is -2.19. The third-order valence-corrected chi connectivity index (χ3v) is 8.17. The number of carbonyl (C=O) groups is 2. The first kappa shape index (κ1) is 18.1. The van der Waals surface area contributed by atoms with E-state index in [2.05, 4.69) is 15.3 Å². The lowest BCUT2D eigenvalue weighted by Crippen LogP contribution is -2.35. The minimum atomic E-state index is -0.0277. The minimum absolute atomic E-state index is 0.0256. The Bertz CT molecular complexity index is 1060. The van der Waals surface area contributed by atoms with Crippen molar-refractivity contribution in [1.29, 1.82) is 0 Å². The molecule has 1 saturated heterocycles. The van der Waals surface area contributed by atoms with Gasteiger partial charge in [0, 0.05) is 37.2 Å². The molecule has 146 valence electrons. The summed E-state index contributed by atoms with van der Waals surface area (Å²) in [6, 6.07) is 0.153. The van der Waals surface area contributed by atoms with Crippen LogP contribution >= 0.6 is 34.3 Å². The van der Waals surface area contributed by atoms with E-state index < -0.39 is 0 Å². The second-order valence-corrected chi connectivity index (χ2v) is 9.63. The molecule has 2 fully saturated rings. The highest BCUT2D eigenvalue weighted by Gasteiger charge is 2.43. The molecule has 2 aliphatic rings. The molecule has 1 N–H and O–H groups in total. The van der Waals surface area contributed by atoms with Gasteiger partial charge in [0.05, 0.1) is 5.51 Å². The van der Waals surface area contributed by atoms with Gasteiger partial charge in [0.1, 0.15) is 9.75 Å². The van der Waals surface area contributed by atoms with Gasteiger partial charge in [-0.15, -0.1) is 11.3 Å². The maximum Gasteiger partial charge on any atom is 0.267 e. The Hall–Kier alpha value is -1.97. The molecule has 1 aliphatic carbocycles. The highest BCUT2D eigenvalue weighted by molar-refractivity contribution is 7.19. The number of aryl methyl sites for hydroxylation is 1. The summed E-state index contributed by atoms with van der Waals surface area (Å²) in [7, 11) is 0.